The van der Waals surface area contributed by atoms with Crippen LogP contribution in [-0.2, 0) is 22.4 Å². The minimum Gasteiger partial charge on any atom is -0.357 e. The van der Waals surface area contributed by atoms with Crippen LogP contribution in [0, 0.1) is 17.3 Å². The van der Waals surface area contributed by atoms with Crippen LogP contribution in [0.4, 0.5) is 30.8 Å². The molecule has 13 nitrogen and oxygen atoms in total. The van der Waals surface area contributed by atoms with Crippen LogP contribution in [0.5, 0.6) is 0 Å². The zero-order chi connectivity index (χ0) is 38.2. The van der Waals surface area contributed by atoms with Crippen LogP contribution in [0.15, 0.2) is 42.6 Å². The van der Waals surface area contributed by atoms with Crippen LogP contribution >= 0.6 is 0 Å². The number of carbonyl (C=O) groups excluding carboxylic acids is 3. The summed E-state index contributed by atoms with van der Waals surface area (Å²) in [5.74, 6) is -1.99. The molecule has 4 aromatic rings. The minimum atomic E-state index is -2.64. The summed E-state index contributed by atoms with van der Waals surface area (Å²) >= 11 is 0. The van der Waals surface area contributed by atoms with Crippen molar-refractivity contribution < 1.29 is 23.2 Å². The molecule has 1 unspecified atom stereocenters. The van der Waals surface area contributed by atoms with E-state index in [-0.39, 0.29) is 24.3 Å². The number of rotatable bonds is 8. The number of aromatic amines is 2. The lowest BCUT2D eigenvalue weighted by atomic mass is 9.87. The number of benzene rings is 1. The van der Waals surface area contributed by atoms with Gasteiger partial charge in [0.25, 0.3) is 5.92 Å². The molecule has 0 radical (unpaired) electrons. The molecular weight excluding hydrogens is 707 g/mol. The zero-order valence-corrected chi connectivity index (χ0v) is 31.6. The number of piperidine rings is 1. The maximum Gasteiger partial charge on any atom is 0.328 e. The van der Waals surface area contributed by atoms with Crippen LogP contribution in [-0.4, -0.2) is 119 Å². The Bertz CT molecular complexity index is 2140. The molecular formula is C40H48F2N10O3. The van der Waals surface area contributed by atoms with E-state index in [1.165, 1.54) is 0 Å². The number of H-pyrrole nitrogens is 2. The van der Waals surface area contributed by atoms with E-state index in [1.807, 2.05) is 50.4 Å². The molecule has 1 saturated carbocycles. The van der Waals surface area contributed by atoms with Crippen molar-refractivity contribution >= 4 is 45.9 Å². The highest BCUT2D eigenvalue weighted by atomic mass is 19.3. The Kier molecular flexibility index (Phi) is 8.72. The third kappa shape index (κ3) is 6.24. The molecule has 3 saturated heterocycles. The van der Waals surface area contributed by atoms with Crippen LogP contribution in [0.25, 0.3) is 22.3 Å². The lowest BCUT2D eigenvalue weighted by molar-refractivity contribution is -0.123. The van der Waals surface area contributed by atoms with E-state index in [2.05, 4.69) is 40.2 Å². The van der Waals surface area contributed by atoms with Gasteiger partial charge in [-0.1, -0.05) is 13.0 Å². The number of alkyl halides is 2. The highest BCUT2D eigenvalue weighted by molar-refractivity contribution is 6.05. The number of nitrogens with one attached hydrogen (secondary N) is 3. The maximum atomic E-state index is 14.5. The van der Waals surface area contributed by atoms with Gasteiger partial charge in [0.15, 0.2) is 0 Å². The summed E-state index contributed by atoms with van der Waals surface area (Å²) in [6.45, 7) is 10.4. The molecule has 9 rings (SSSR count). The number of aromatic nitrogens is 4. The monoisotopic (exact) mass is 754 g/mol. The fourth-order valence-electron chi connectivity index (χ4n) is 9.42. The summed E-state index contributed by atoms with van der Waals surface area (Å²) in [7, 11) is 1.82. The van der Waals surface area contributed by atoms with Gasteiger partial charge in [-0.2, -0.15) is 5.10 Å². The number of amides is 4. The molecule has 0 spiro atoms. The molecule has 0 bridgehead atoms. The standard InChI is InChI=1S/C40H48F2N10O3/c1-24(37(54)48(3)27-5-4-26-18-31(44-30(26)19-27)36-29-20-33-39(2,40(33,41)42)21-32(29)46-47-36)50-16-14-49(15-17-50)23-25-8-11-51(12-9-25)34-7-6-28(22-43-34)52-13-10-35(53)45-38(52)55/h4-7,18-19,22,24-25,33,44H,8-17,20-21,23H2,1-3H3,(H,46,47)(H,45,53,55)/t24?,33-,39+/m0/s1. The molecule has 55 heavy (non-hydrogen) atoms. The normalized spacial score (nSPS) is 25.1. The Hall–Kier alpha value is -4.89. The van der Waals surface area contributed by atoms with Gasteiger partial charge in [-0.25, -0.2) is 18.6 Å². The van der Waals surface area contributed by atoms with Crippen molar-refractivity contribution in [1.29, 1.82) is 0 Å². The fraction of sp³-hybridized carbons (Fsp3) is 0.525. The average Bonchev–Trinajstić information content (AvgIpc) is 3.57. The van der Waals surface area contributed by atoms with Crippen LogP contribution in [0.1, 0.15) is 44.4 Å². The van der Waals surface area contributed by atoms with Crippen LogP contribution in [0.2, 0.25) is 0 Å². The molecule has 4 fully saturated rings. The quantitative estimate of drug-likeness (QED) is 0.237. The summed E-state index contributed by atoms with van der Waals surface area (Å²) in [6, 6.07) is 11.1. The van der Waals surface area contributed by atoms with Gasteiger partial charge in [-0.3, -0.25) is 29.8 Å². The molecule has 4 amide bonds. The Morgan fingerprint density at radius 1 is 1.04 bits per heavy atom. The number of pyridine rings is 1. The largest absolute Gasteiger partial charge is 0.357 e. The van der Waals surface area contributed by atoms with Crippen molar-refractivity contribution in [1.82, 2.24) is 35.3 Å². The summed E-state index contributed by atoms with van der Waals surface area (Å²) < 4.78 is 29.0. The topological polar surface area (TPSA) is 137 Å². The van der Waals surface area contributed by atoms with Crippen molar-refractivity contribution in [2.75, 3.05) is 74.1 Å². The number of piperazine rings is 1. The van der Waals surface area contributed by atoms with Crippen molar-refractivity contribution in [2.24, 2.45) is 17.3 Å². The SMILES string of the molecule is CC(C(=O)N(C)c1ccc2cc(-c3n[nH]c4c3C[C@@H]3C(F)(F)[C@]3(C)C4)[nH]c2c1)N1CCN(CC2CCN(c3ccc(N4CCC(=O)NC4=O)cn3)CC2)CC1. The second-order valence-electron chi connectivity index (χ2n) is 16.4. The predicted molar refractivity (Wildman–Crippen MR) is 205 cm³/mol. The van der Waals surface area contributed by atoms with Gasteiger partial charge in [0.1, 0.15) is 11.5 Å². The predicted octanol–water partition coefficient (Wildman–Crippen LogP) is 4.65. The average molecular weight is 755 g/mol. The van der Waals surface area contributed by atoms with Gasteiger partial charge in [-0.15, -0.1) is 0 Å². The Morgan fingerprint density at radius 2 is 1.82 bits per heavy atom. The third-order valence-electron chi connectivity index (χ3n) is 13.2. The van der Waals surface area contributed by atoms with Crippen LogP contribution in [0.3, 0.4) is 0 Å². The number of halogens is 2. The van der Waals surface area contributed by atoms with Gasteiger partial charge < -0.3 is 19.7 Å². The number of anilines is 3. The number of urea groups is 1. The van der Waals surface area contributed by atoms with Crippen molar-refractivity contribution in [3.63, 3.8) is 0 Å². The smallest absolute Gasteiger partial charge is 0.328 e. The number of carbonyl (C=O) groups is 3. The number of likely N-dealkylation sites (N-methyl/N-ethyl adjacent to an activating group) is 1. The van der Waals surface area contributed by atoms with E-state index in [0.29, 0.717) is 36.7 Å². The van der Waals surface area contributed by atoms with Crippen molar-refractivity contribution in [3.8, 4) is 11.4 Å². The Balaban J connectivity index is 0.752. The van der Waals surface area contributed by atoms with E-state index >= 15 is 0 Å². The number of nitrogens with zero attached hydrogens (tertiary/aromatic N) is 7. The van der Waals surface area contributed by atoms with Crippen LogP contribution < -0.4 is 20.0 Å². The van der Waals surface area contributed by atoms with E-state index in [1.54, 1.807) is 22.9 Å². The highest BCUT2D eigenvalue weighted by Gasteiger charge is 2.78. The molecule has 15 heteroatoms. The molecule has 5 aliphatic rings. The first-order chi connectivity index (χ1) is 26.4. The summed E-state index contributed by atoms with van der Waals surface area (Å²) in [5.41, 5.74) is 4.54. The molecule has 3 atom stereocenters. The van der Waals surface area contributed by atoms with Crippen molar-refractivity contribution in [2.45, 2.75) is 57.9 Å². The third-order valence-corrected chi connectivity index (χ3v) is 13.2. The molecule has 6 heterocycles. The summed E-state index contributed by atoms with van der Waals surface area (Å²) in [6.07, 6.45) is 4.78. The summed E-state index contributed by atoms with van der Waals surface area (Å²) in [5, 5.41) is 10.9. The number of fused-ring (bicyclic) bond motifs is 3. The lowest BCUT2D eigenvalue weighted by Crippen LogP contribution is -2.55. The Labute approximate surface area is 318 Å². The second kappa shape index (κ2) is 13.4. The maximum absolute atomic E-state index is 14.5. The Morgan fingerprint density at radius 3 is 2.55 bits per heavy atom. The van der Waals surface area contributed by atoms with E-state index < -0.39 is 23.3 Å². The van der Waals surface area contributed by atoms with Gasteiger partial charge in [0, 0.05) is 111 Å². The number of hydrogen-bond donors (Lipinski definition) is 3. The van der Waals surface area contributed by atoms with E-state index in [0.717, 1.165) is 98.0 Å². The van der Waals surface area contributed by atoms with Gasteiger partial charge in [0.05, 0.1) is 23.6 Å². The molecule has 3 aromatic heterocycles. The fourth-order valence-corrected chi connectivity index (χ4v) is 9.42. The number of imide groups is 1. The molecule has 290 valence electrons. The highest BCUT2D eigenvalue weighted by Crippen LogP contribution is 2.70. The number of hydrogen-bond acceptors (Lipinski definition) is 8. The first-order valence-corrected chi connectivity index (χ1v) is 19.5. The molecule has 1 aromatic carbocycles. The van der Waals surface area contributed by atoms with Gasteiger partial charge in [-0.05, 0) is 62.4 Å². The van der Waals surface area contributed by atoms with E-state index in [9.17, 15) is 23.2 Å². The zero-order valence-electron chi connectivity index (χ0n) is 31.6. The first-order valence-electron chi connectivity index (χ1n) is 19.5. The second-order valence-corrected chi connectivity index (χ2v) is 16.4. The van der Waals surface area contributed by atoms with Gasteiger partial charge >= 0.3 is 6.03 Å². The van der Waals surface area contributed by atoms with Gasteiger partial charge in [0.2, 0.25) is 11.8 Å². The van der Waals surface area contributed by atoms with Crippen molar-refractivity contribution in [3.05, 3.63) is 53.9 Å². The summed E-state index contributed by atoms with van der Waals surface area (Å²) in [4.78, 5) is 55.9. The molecule has 2 aliphatic carbocycles. The first kappa shape index (κ1) is 35.8. The molecule has 3 aliphatic heterocycles. The lowest BCUT2D eigenvalue weighted by Gasteiger charge is -2.41. The van der Waals surface area contributed by atoms with E-state index in [4.69, 9.17) is 0 Å². The minimum absolute atomic E-state index is 0.0395. The molecule has 3 N–H and O–H groups in total.